The van der Waals surface area contributed by atoms with Gasteiger partial charge in [-0.05, 0) is 30.8 Å². The SMILES string of the molecule is C=CCCCSCCCOS(C)(=O)=O. The monoisotopic (exact) mass is 238 g/mol. The van der Waals surface area contributed by atoms with Crippen molar-refractivity contribution in [1.82, 2.24) is 0 Å². The smallest absolute Gasteiger partial charge is 0.264 e. The molecule has 0 aromatic carbocycles. The molecule has 0 saturated heterocycles. The Kier molecular flexibility index (Phi) is 8.32. The van der Waals surface area contributed by atoms with E-state index in [0.717, 1.165) is 37.0 Å². The molecule has 0 amide bonds. The molecule has 0 bridgehead atoms. The molecular weight excluding hydrogens is 220 g/mol. The molecule has 0 saturated carbocycles. The molecule has 84 valence electrons. The molecule has 0 aliphatic heterocycles. The third kappa shape index (κ3) is 12.0. The van der Waals surface area contributed by atoms with Crippen molar-refractivity contribution in [2.75, 3.05) is 24.4 Å². The van der Waals surface area contributed by atoms with E-state index in [0.29, 0.717) is 6.61 Å². The van der Waals surface area contributed by atoms with Crippen LogP contribution in [0, 0.1) is 0 Å². The summed E-state index contributed by atoms with van der Waals surface area (Å²) >= 11 is 1.82. The molecule has 5 heteroatoms. The summed E-state index contributed by atoms with van der Waals surface area (Å²) in [6.45, 7) is 3.94. The van der Waals surface area contributed by atoms with Crippen LogP contribution in [0.1, 0.15) is 19.3 Å². The van der Waals surface area contributed by atoms with E-state index in [9.17, 15) is 8.42 Å². The zero-order chi connectivity index (χ0) is 10.9. The van der Waals surface area contributed by atoms with Gasteiger partial charge in [0.25, 0.3) is 10.1 Å². The highest BCUT2D eigenvalue weighted by atomic mass is 32.2. The lowest BCUT2D eigenvalue weighted by atomic mass is 10.3. The van der Waals surface area contributed by atoms with Crippen LogP contribution >= 0.6 is 11.8 Å². The molecule has 0 spiro atoms. The molecule has 0 aliphatic carbocycles. The highest BCUT2D eigenvalue weighted by molar-refractivity contribution is 7.99. The highest BCUT2D eigenvalue weighted by Crippen LogP contribution is 2.06. The zero-order valence-corrected chi connectivity index (χ0v) is 10.2. The molecule has 0 aromatic rings. The Morgan fingerprint density at radius 2 is 2.00 bits per heavy atom. The van der Waals surface area contributed by atoms with Gasteiger partial charge in [0.05, 0.1) is 12.9 Å². The van der Waals surface area contributed by atoms with Gasteiger partial charge < -0.3 is 0 Å². The first kappa shape index (κ1) is 14.0. The van der Waals surface area contributed by atoms with Crippen LogP contribution in [0.3, 0.4) is 0 Å². The fourth-order valence-electron chi connectivity index (χ4n) is 0.803. The molecule has 0 aromatic heterocycles. The molecule has 0 N–H and O–H groups in total. The van der Waals surface area contributed by atoms with Gasteiger partial charge in [0.1, 0.15) is 0 Å². The zero-order valence-electron chi connectivity index (χ0n) is 8.57. The van der Waals surface area contributed by atoms with Crippen molar-refractivity contribution in [3.05, 3.63) is 12.7 Å². The van der Waals surface area contributed by atoms with E-state index in [4.69, 9.17) is 0 Å². The van der Waals surface area contributed by atoms with Gasteiger partial charge >= 0.3 is 0 Å². The van der Waals surface area contributed by atoms with E-state index in [1.165, 1.54) is 0 Å². The summed E-state index contributed by atoms with van der Waals surface area (Å²) in [5.74, 6) is 2.05. The molecule has 0 unspecified atom stereocenters. The van der Waals surface area contributed by atoms with E-state index >= 15 is 0 Å². The predicted octanol–water partition coefficient (Wildman–Crippen LogP) is 2.05. The summed E-state index contributed by atoms with van der Waals surface area (Å²) in [5, 5.41) is 0. The Morgan fingerprint density at radius 3 is 2.57 bits per heavy atom. The summed E-state index contributed by atoms with van der Waals surface area (Å²) in [6, 6.07) is 0. The molecular formula is C9H18O3S2. The van der Waals surface area contributed by atoms with Gasteiger partial charge in [0.2, 0.25) is 0 Å². The maximum Gasteiger partial charge on any atom is 0.264 e. The number of unbranched alkanes of at least 4 members (excludes halogenated alkanes) is 1. The second-order valence-corrected chi connectivity index (χ2v) is 5.79. The van der Waals surface area contributed by atoms with Crippen LogP contribution < -0.4 is 0 Å². The van der Waals surface area contributed by atoms with E-state index in [1.807, 2.05) is 17.8 Å². The first-order valence-corrected chi connectivity index (χ1v) is 7.56. The van der Waals surface area contributed by atoms with Crippen molar-refractivity contribution in [3.63, 3.8) is 0 Å². The summed E-state index contributed by atoms with van der Waals surface area (Å²) in [5.41, 5.74) is 0. The van der Waals surface area contributed by atoms with Crippen LogP contribution in [-0.2, 0) is 14.3 Å². The topological polar surface area (TPSA) is 43.4 Å². The lowest BCUT2D eigenvalue weighted by Crippen LogP contribution is -2.04. The largest absolute Gasteiger partial charge is 0.270 e. The number of rotatable bonds is 9. The minimum atomic E-state index is -3.25. The number of allylic oxidation sites excluding steroid dienone is 1. The fraction of sp³-hybridized carbons (Fsp3) is 0.778. The van der Waals surface area contributed by atoms with Gasteiger partial charge in [-0.2, -0.15) is 20.2 Å². The molecule has 0 atom stereocenters. The predicted molar refractivity (Wildman–Crippen MR) is 62.2 cm³/mol. The van der Waals surface area contributed by atoms with Gasteiger partial charge in [-0.15, -0.1) is 6.58 Å². The van der Waals surface area contributed by atoms with E-state index < -0.39 is 10.1 Å². The number of thioether (sulfide) groups is 1. The normalized spacial score (nSPS) is 11.5. The van der Waals surface area contributed by atoms with Crippen LogP contribution in [0.15, 0.2) is 12.7 Å². The van der Waals surface area contributed by atoms with Gasteiger partial charge in [-0.25, -0.2) is 0 Å². The van der Waals surface area contributed by atoms with Crippen molar-refractivity contribution >= 4 is 21.9 Å². The Bertz CT molecular complexity index is 234. The lowest BCUT2D eigenvalue weighted by molar-refractivity contribution is 0.323. The fourth-order valence-corrected chi connectivity index (χ4v) is 2.12. The second kappa shape index (κ2) is 8.32. The van der Waals surface area contributed by atoms with Crippen LogP contribution in [0.25, 0.3) is 0 Å². The number of hydrogen-bond donors (Lipinski definition) is 0. The van der Waals surface area contributed by atoms with Gasteiger partial charge in [-0.1, -0.05) is 6.08 Å². The molecule has 0 rings (SSSR count). The highest BCUT2D eigenvalue weighted by Gasteiger charge is 1.99. The first-order chi connectivity index (χ1) is 6.56. The van der Waals surface area contributed by atoms with Crippen molar-refractivity contribution < 1.29 is 12.6 Å². The summed E-state index contributed by atoms with van der Waals surface area (Å²) in [6.07, 6.45) is 5.96. The average Bonchev–Trinajstić information content (AvgIpc) is 2.08. The first-order valence-electron chi connectivity index (χ1n) is 4.59. The molecule has 0 fully saturated rings. The molecule has 3 nitrogen and oxygen atoms in total. The van der Waals surface area contributed by atoms with E-state index in [1.54, 1.807) is 0 Å². The van der Waals surface area contributed by atoms with Gasteiger partial charge in [0, 0.05) is 0 Å². The van der Waals surface area contributed by atoms with Crippen LogP contribution in [0.5, 0.6) is 0 Å². The lowest BCUT2D eigenvalue weighted by Gasteiger charge is -2.01. The van der Waals surface area contributed by atoms with E-state index in [2.05, 4.69) is 10.8 Å². The summed E-state index contributed by atoms with van der Waals surface area (Å²) < 4.78 is 25.7. The Hall–Kier alpha value is -0.0000000000000000555. The van der Waals surface area contributed by atoms with Crippen molar-refractivity contribution in [2.45, 2.75) is 19.3 Å². The maximum absolute atomic E-state index is 10.6. The van der Waals surface area contributed by atoms with Gasteiger partial charge in [-0.3, -0.25) is 4.18 Å². The molecule has 14 heavy (non-hydrogen) atoms. The third-order valence-corrected chi connectivity index (χ3v) is 3.18. The van der Waals surface area contributed by atoms with Crippen LogP contribution in [0.4, 0.5) is 0 Å². The minimum Gasteiger partial charge on any atom is -0.270 e. The summed E-state index contributed by atoms with van der Waals surface area (Å²) in [7, 11) is -3.25. The molecule has 0 aliphatic rings. The standard InChI is InChI=1S/C9H18O3S2/c1-3-4-5-8-13-9-6-7-12-14(2,10)11/h3H,1,4-9H2,2H3. The number of hydrogen-bond acceptors (Lipinski definition) is 4. The second-order valence-electron chi connectivity index (χ2n) is 2.92. The van der Waals surface area contributed by atoms with Crippen LogP contribution in [-0.4, -0.2) is 32.8 Å². The third-order valence-electron chi connectivity index (χ3n) is 1.43. The molecule has 0 radical (unpaired) electrons. The Morgan fingerprint density at radius 1 is 1.36 bits per heavy atom. The minimum absolute atomic E-state index is 0.299. The quantitative estimate of drug-likeness (QED) is 0.350. The Balaban J connectivity index is 3.10. The van der Waals surface area contributed by atoms with Crippen molar-refractivity contribution in [2.24, 2.45) is 0 Å². The average molecular weight is 238 g/mol. The molecule has 0 heterocycles. The van der Waals surface area contributed by atoms with Gasteiger partial charge in [0.15, 0.2) is 0 Å². The van der Waals surface area contributed by atoms with Crippen molar-refractivity contribution in [1.29, 1.82) is 0 Å². The van der Waals surface area contributed by atoms with Crippen molar-refractivity contribution in [3.8, 4) is 0 Å². The van der Waals surface area contributed by atoms with Crippen LogP contribution in [0.2, 0.25) is 0 Å². The maximum atomic E-state index is 10.6. The summed E-state index contributed by atoms with van der Waals surface area (Å²) in [4.78, 5) is 0. The Labute approximate surface area is 91.0 Å². The van der Waals surface area contributed by atoms with E-state index in [-0.39, 0.29) is 0 Å².